The van der Waals surface area contributed by atoms with Gasteiger partial charge in [-0.05, 0) is 64.8 Å². The lowest BCUT2D eigenvalue weighted by atomic mass is 10.1. The highest BCUT2D eigenvalue weighted by atomic mass is 79.9. The summed E-state index contributed by atoms with van der Waals surface area (Å²) in [6.07, 6.45) is 5.34. The molecule has 4 rings (SSSR count). The van der Waals surface area contributed by atoms with E-state index in [4.69, 9.17) is 9.47 Å². The lowest BCUT2D eigenvalue weighted by Crippen LogP contribution is -2.19. The third kappa shape index (κ3) is 5.55. The first kappa shape index (κ1) is 23.3. The van der Waals surface area contributed by atoms with Crippen LogP contribution in [0.15, 0.2) is 94.8 Å². The number of hydrogen-bond donors (Lipinski definition) is 1. The number of nitrogens with one attached hydrogen (secondary N) is 1. The predicted octanol–water partition coefficient (Wildman–Crippen LogP) is 5.90. The molecule has 0 saturated heterocycles. The molecule has 1 amide bonds. The van der Waals surface area contributed by atoms with Crippen molar-refractivity contribution in [3.63, 3.8) is 0 Å². The Morgan fingerprint density at radius 3 is 2.50 bits per heavy atom. The van der Waals surface area contributed by atoms with E-state index in [2.05, 4.69) is 45.5 Å². The zero-order chi connectivity index (χ0) is 23.9. The average Bonchev–Trinajstić information content (AvgIpc) is 3.39. The molecule has 0 aliphatic carbocycles. The van der Waals surface area contributed by atoms with Crippen molar-refractivity contribution in [3.8, 4) is 17.2 Å². The quantitative estimate of drug-likeness (QED) is 0.233. The molecule has 1 aromatic heterocycles. The Balaban J connectivity index is 1.46. The van der Waals surface area contributed by atoms with Crippen LogP contribution in [0.5, 0.6) is 11.5 Å². The summed E-state index contributed by atoms with van der Waals surface area (Å²) in [4.78, 5) is 12.8. The minimum Gasteiger partial charge on any atom is -0.493 e. The number of ether oxygens (including phenoxy) is 2. The van der Waals surface area contributed by atoms with E-state index in [0.29, 0.717) is 23.7 Å². The fraction of sp³-hybridized carbons (Fsp3) is 0.111. The molecule has 3 aromatic carbocycles. The summed E-state index contributed by atoms with van der Waals surface area (Å²) in [6.45, 7) is 2.47. The number of carbonyl (C=O) groups excluding carboxylic acids is 1. The number of methoxy groups -OCH3 is 1. The van der Waals surface area contributed by atoms with Crippen molar-refractivity contribution < 1.29 is 14.3 Å². The molecule has 7 heteroatoms. The first-order chi connectivity index (χ1) is 16.5. The number of hydrazone groups is 1. The van der Waals surface area contributed by atoms with E-state index in [1.54, 1.807) is 25.5 Å². The number of amides is 1. The third-order valence-corrected chi connectivity index (χ3v) is 5.89. The first-order valence-electron chi connectivity index (χ1n) is 10.7. The number of rotatable bonds is 8. The highest BCUT2D eigenvalue weighted by Gasteiger charge is 2.12. The topological polar surface area (TPSA) is 64.8 Å². The van der Waals surface area contributed by atoms with Gasteiger partial charge in [0.1, 0.15) is 6.61 Å². The van der Waals surface area contributed by atoms with Crippen LogP contribution in [0.4, 0.5) is 0 Å². The highest BCUT2D eigenvalue weighted by molar-refractivity contribution is 9.10. The summed E-state index contributed by atoms with van der Waals surface area (Å²) in [5, 5.41) is 4.15. The zero-order valence-electron chi connectivity index (χ0n) is 18.9. The molecule has 0 fully saturated rings. The Kier molecular flexibility index (Phi) is 7.44. The number of hydrogen-bond acceptors (Lipinski definition) is 4. The minimum absolute atomic E-state index is 0.304. The Morgan fingerprint density at radius 2 is 1.76 bits per heavy atom. The molecule has 0 bridgehead atoms. The molecule has 0 aliphatic heterocycles. The van der Waals surface area contributed by atoms with Gasteiger partial charge in [-0.15, -0.1) is 0 Å². The van der Waals surface area contributed by atoms with Gasteiger partial charge in [0.25, 0.3) is 5.91 Å². The van der Waals surface area contributed by atoms with Crippen LogP contribution in [0.2, 0.25) is 0 Å². The van der Waals surface area contributed by atoms with Crippen LogP contribution in [-0.2, 0) is 6.61 Å². The van der Waals surface area contributed by atoms with Gasteiger partial charge in [-0.1, -0.05) is 42.0 Å². The van der Waals surface area contributed by atoms with Crippen LogP contribution in [0.3, 0.4) is 0 Å². The van der Waals surface area contributed by atoms with Gasteiger partial charge < -0.3 is 14.0 Å². The van der Waals surface area contributed by atoms with Gasteiger partial charge in [0.15, 0.2) is 11.5 Å². The number of para-hydroxylation sites is 1. The largest absolute Gasteiger partial charge is 0.493 e. The lowest BCUT2D eigenvalue weighted by molar-refractivity contribution is 0.0955. The van der Waals surface area contributed by atoms with E-state index in [9.17, 15) is 4.79 Å². The number of carbonyl (C=O) groups is 1. The normalized spacial score (nSPS) is 10.9. The number of halogens is 1. The van der Waals surface area contributed by atoms with E-state index in [0.717, 1.165) is 21.3 Å². The molecule has 0 aliphatic rings. The molecule has 1 N–H and O–H groups in total. The summed E-state index contributed by atoms with van der Waals surface area (Å²) in [6, 6.07) is 23.0. The van der Waals surface area contributed by atoms with E-state index in [-0.39, 0.29) is 5.91 Å². The highest BCUT2D eigenvalue weighted by Crippen LogP contribution is 2.33. The van der Waals surface area contributed by atoms with Crippen molar-refractivity contribution in [3.05, 3.63) is 112 Å². The fourth-order valence-corrected chi connectivity index (χ4v) is 3.80. The van der Waals surface area contributed by atoms with Gasteiger partial charge in [-0.25, -0.2) is 5.43 Å². The number of benzene rings is 3. The van der Waals surface area contributed by atoms with Gasteiger partial charge in [-0.3, -0.25) is 4.79 Å². The van der Waals surface area contributed by atoms with E-state index in [1.165, 1.54) is 5.56 Å². The van der Waals surface area contributed by atoms with Crippen molar-refractivity contribution in [2.24, 2.45) is 5.10 Å². The number of aromatic nitrogens is 1. The van der Waals surface area contributed by atoms with Gasteiger partial charge in [0.05, 0.1) is 24.6 Å². The molecule has 0 radical (unpaired) electrons. The van der Waals surface area contributed by atoms with Gasteiger partial charge in [0.2, 0.25) is 0 Å². The van der Waals surface area contributed by atoms with Crippen molar-refractivity contribution in [1.82, 2.24) is 9.99 Å². The second-order valence-electron chi connectivity index (χ2n) is 7.61. The van der Waals surface area contributed by atoms with Crippen LogP contribution in [0.1, 0.15) is 27.0 Å². The van der Waals surface area contributed by atoms with Crippen LogP contribution in [-0.4, -0.2) is 23.8 Å². The zero-order valence-corrected chi connectivity index (χ0v) is 20.5. The van der Waals surface area contributed by atoms with Gasteiger partial charge >= 0.3 is 0 Å². The molecular weight excluding hydrogens is 494 g/mol. The molecule has 0 atom stereocenters. The van der Waals surface area contributed by atoms with Crippen LogP contribution in [0.25, 0.3) is 5.69 Å². The molecule has 34 heavy (non-hydrogen) atoms. The van der Waals surface area contributed by atoms with Crippen LogP contribution >= 0.6 is 15.9 Å². The van der Waals surface area contributed by atoms with E-state index >= 15 is 0 Å². The molecule has 0 spiro atoms. The van der Waals surface area contributed by atoms with Crippen molar-refractivity contribution in [2.45, 2.75) is 13.5 Å². The minimum atomic E-state index is -0.304. The molecule has 172 valence electrons. The second kappa shape index (κ2) is 10.9. The van der Waals surface area contributed by atoms with Crippen molar-refractivity contribution in [2.75, 3.05) is 7.11 Å². The fourth-order valence-electron chi connectivity index (χ4n) is 3.37. The molecule has 1 heterocycles. The number of aryl methyl sites for hydroxylation is 1. The summed E-state index contributed by atoms with van der Waals surface area (Å²) in [5.41, 5.74) is 6.90. The van der Waals surface area contributed by atoms with E-state index in [1.807, 2.05) is 65.5 Å². The average molecular weight is 518 g/mol. The maximum absolute atomic E-state index is 12.8. The lowest BCUT2D eigenvalue weighted by Gasteiger charge is -2.13. The van der Waals surface area contributed by atoms with Gasteiger partial charge in [-0.2, -0.15) is 5.10 Å². The second-order valence-corrected chi connectivity index (χ2v) is 8.46. The molecule has 0 unspecified atom stereocenters. The predicted molar refractivity (Wildman–Crippen MR) is 137 cm³/mol. The summed E-state index contributed by atoms with van der Waals surface area (Å²) >= 11 is 3.55. The summed E-state index contributed by atoms with van der Waals surface area (Å²) in [7, 11) is 1.59. The molecule has 0 saturated carbocycles. The Morgan fingerprint density at radius 1 is 1.03 bits per heavy atom. The summed E-state index contributed by atoms with van der Waals surface area (Å²) < 4.78 is 14.1. The standard InChI is InChI=1S/C27H24BrN3O3/c1-19-9-11-20(12-10-19)18-34-26-16-23(28)21(15-25(26)33-2)17-29-30-27(32)22-7-3-4-8-24(22)31-13-5-6-14-31/h3-17H,18H2,1-2H3,(H,30,32)/b29-17+. The number of nitrogens with zero attached hydrogens (tertiary/aromatic N) is 2. The van der Waals surface area contributed by atoms with Crippen molar-refractivity contribution >= 4 is 28.1 Å². The third-order valence-electron chi connectivity index (χ3n) is 5.20. The first-order valence-corrected chi connectivity index (χ1v) is 11.5. The SMILES string of the molecule is COc1cc(/C=N/NC(=O)c2ccccc2-n2cccc2)c(Br)cc1OCc1ccc(C)cc1. The smallest absolute Gasteiger partial charge is 0.273 e. The summed E-state index contributed by atoms with van der Waals surface area (Å²) in [5.74, 6) is 0.875. The molecule has 6 nitrogen and oxygen atoms in total. The van der Waals surface area contributed by atoms with Crippen LogP contribution in [0, 0.1) is 6.92 Å². The Bertz CT molecular complexity index is 1300. The van der Waals surface area contributed by atoms with Crippen molar-refractivity contribution in [1.29, 1.82) is 0 Å². The maximum Gasteiger partial charge on any atom is 0.273 e. The van der Waals surface area contributed by atoms with Crippen LogP contribution < -0.4 is 14.9 Å². The molecular formula is C27H24BrN3O3. The van der Waals surface area contributed by atoms with E-state index < -0.39 is 0 Å². The Labute approximate surface area is 207 Å². The van der Waals surface area contributed by atoms with Gasteiger partial charge in [0, 0.05) is 22.4 Å². The Hall–Kier alpha value is -3.84. The molecule has 4 aromatic rings. The monoisotopic (exact) mass is 517 g/mol. The maximum atomic E-state index is 12.8.